The Bertz CT molecular complexity index is 682. The number of rotatable bonds is 7. The Kier molecular flexibility index (Phi) is 5.99. The Morgan fingerprint density at radius 2 is 1.96 bits per heavy atom. The van der Waals surface area contributed by atoms with Crippen molar-refractivity contribution in [2.75, 3.05) is 27.2 Å². The third-order valence-corrected chi connectivity index (χ3v) is 4.04. The molecular weight excluding hydrogens is 300 g/mol. The highest BCUT2D eigenvalue weighted by molar-refractivity contribution is 5.81. The Balaban J connectivity index is 2.09. The summed E-state index contributed by atoms with van der Waals surface area (Å²) in [6, 6.07) is 8.24. The molecule has 0 fully saturated rings. The van der Waals surface area contributed by atoms with Gasteiger partial charge in [-0.05, 0) is 39.2 Å². The van der Waals surface area contributed by atoms with Gasteiger partial charge in [0.2, 0.25) is 5.91 Å². The highest BCUT2D eigenvalue weighted by atomic mass is 16.2. The van der Waals surface area contributed by atoms with Gasteiger partial charge in [0.05, 0.1) is 11.0 Å². The molecule has 24 heavy (non-hydrogen) atoms. The van der Waals surface area contributed by atoms with Gasteiger partial charge in [-0.15, -0.1) is 0 Å². The predicted octanol–water partition coefficient (Wildman–Crippen LogP) is 2.69. The van der Waals surface area contributed by atoms with Crippen molar-refractivity contribution >= 4 is 16.9 Å². The van der Waals surface area contributed by atoms with Crippen molar-refractivity contribution in [3.63, 3.8) is 0 Å². The number of amides is 1. The van der Waals surface area contributed by atoms with Gasteiger partial charge in [-0.2, -0.15) is 0 Å². The van der Waals surface area contributed by atoms with E-state index < -0.39 is 0 Å². The number of nitrogens with zero attached hydrogens (tertiary/aromatic N) is 3. The maximum atomic E-state index is 12.0. The topological polar surface area (TPSA) is 50.2 Å². The number of benzene rings is 1. The van der Waals surface area contributed by atoms with E-state index in [2.05, 4.69) is 47.1 Å². The first-order chi connectivity index (χ1) is 11.3. The second-order valence-corrected chi connectivity index (χ2v) is 7.58. The molecule has 0 unspecified atom stereocenters. The molecule has 0 saturated carbocycles. The molecule has 0 aliphatic rings. The van der Waals surface area contributed by atoms with E-state index in [9.17, 15) is 4.79 Å². The minimum Gasteiger partial charge on any atom is -0.355 e. The van der Waals surface area contributed by atoms with Crippen molar-refractivity contribution in [2.45, 2.75) is 40.2 Å². The minimum absolute atomic E-state index is 0.0813. The van der Waals surface area contributed by atoms with Gasteiger partial charge in [0.1, 0.15) is 5.82 Å². The van der Waals surface area contributed by atoms with Gasteiger partial charge in [0.15, 0.2) is 0 Å². The van der Waals surface area contributed by atoms with E-state index in [1.165, 1.54) is 5.52 Å². The van der Waals surface area contributed by atoms with E-state index in [4.69, 9.17) is 4.98 Å². The van der Waals surface area contributed by atoms with Crippen LogP contribution >= 0.6 is 0 Å². The maximum Gasteiger partial charge on any atom is 0.225 e. The standard InChI is InChI=1S/C19H30N4O/c1-19(2,3)18(24)20-12-11-17-21-15-9-6-7-10-16(15)23(17)14-8-13-22(4)5/h6-7,9-10H,8,11-14H2,1-5H3,(H,20,24). The zero-order chi connectivity index (χ0) is 17.7. The van der Waals surface area contributed by atoms with Crippen molar-refractivity contribution in [3.8, 4) is 0 Å². The van der Waals surface area contributed by atoms with E-state index in [1.54, 1.807) is 0 Å². The Labute approximate surface area is 145 Å². The summed E-state index contributed by atoms with van der Waals surface area (Å²) < 4.78 is 2.29. The largest absolute Gasteiger partial charge is 0.355 e. The summed E-state index contributed by atoms with van der Waals surface area (Å²) in [4.78, 5) is 19.0. The molecule has 0 bridgehead atoms. The molecule has 0 atom stereocenters. The van der Waals surface area contributed by atoms with Crippen LogP contribution in [0.3, 0.4) is 0 Å². The van der Waals surface area contributed by atoms with Crippen LogP contribution in [0.2, 0.25) is 0 Å². The number of carbonyl (C=O) groups excluding carboxylic acids is 1. The fourth-order valence-electron chi connectivity index (χ4n) is 2.66. The molecule has 1 aromatic heterocycles. The first kappa shape index (κ1) is 18.5. The van der Waals surface area contributed by atoms with E-state index in [-0.39, 0.29) is 11.3 Å². The van der Waals surface area contributed by atoms with E-state index in [0.29, 0.717) is 6.54 Å². The average molecular weight is 330 g/mol. The molecule has 0 aliphatic carbocycles. The molecule has 1 N–H and O–H groups in total. The third kappa shape index (κ3) is 4.81. The van der Waals surface area contributed by atoms with Gasteiger partial charge < -0.3 is 14.8 Å². The number of aromatic nitrogens is 2. The lowest BCUT2D eigenvalue weighted by Gasteiger charge is -2.17. The van der Waals surface area contributed by atoms with Crippen LogP contribution in [0.5, 0.6) is 0 Å². The predicted molar refractivity (Wildman–Crippen MR) is 99.1 cm³/mol. The second kappa shape index (κ2) is 7.79. The van der Waals surface area contributed by atoms with Crippen molar-refractivity contribution in [1.29, 1.82) is 0 Å². The molecule has 0 saturated heterocycles. The molecule has 0 radical (unpaired) electrons. The zero-order valence-corrected chi connectivity index (χ0v) is 15.6. The summed E-state index contributed by atoms with van der Waals surface area (Å²) in [7, 11) is 4.18. The average Bonchev–Trinajstić information content (AvgIpc) is 2.84. The van der Waals surface area contributed by atoms with Gasteiger partial charge in [0, 0.05) is 24.9 Å². The van der Waals surface area contributed by atoms with E-state index >= 15 is 0 Å². The summed E-state index contributed by atoms with van der Waals surface area (Å²) in [6.45, 7) is 8.40. The smallest absolute Gasteiger partial charge is 0.225 e. The molecule has 1 aromatic carbocycles. The van der Waals surface area contributed by atoms with Gasteiger partial charge in [0.25, 0.3) is 0 Å². The Morgan fingerprint density at radius 1 is 1.25 bits per heavy atom. The molecule has 1 heterocycles. The van der Waals surface area contributed by atoms with Crippen LogP contribution < -0.4 is 5.32 Å². The third-order valence-electron chi connectivity index (χ3n) is 4.04. The van der Waals surface area contributed by atoms with Gasteiger partial charge >= 0.3 is 0 Å². The number of fused-ring (bicyclic) bond motifs is 1. The van der Waals surface area contributed by atoms with Gasteiger partial charge in [-0.25, -0.2) is 4.98 Å². The lowest BCUT2D eigenvalue weighted by molar-refractivity contribution is -0.128. The maximum absolute atomic E-state index is 12.0. The monoisotopic (exact) mass is 330 g/mol. The molecular formula is C19H30N4O. The number of hydrogen-bond acceptors (Lipinski definition) is 3. The molecule has 0 spiro atoms. The number of aryl methyl sites for hydroxylation is 1. The van der Waals surface area contributed by atoms with Crippen LogP contribution in [-0.4, -0.2) is 47.5 Å². The minimum atomic E-state index is -0.355. The number of nitrogens with one attached hydrogen (secondary N) is 1. The first-order valence-electron chi connectivity index (χ1n) is 8.66. The normalized spacial score (nSPS) is 12.1. The van der Waals surface area contributed by atoms with Gasteiger partial charge in [-0.1, -0.05) is 32.9 Å². The van der Waals surface area contributed by atoms with Gasteiger partial charge in [-0.3, -0.25) is 4.79 Å². The lowest BCUT2D eigenvalue weighted by atomic mass is 9.96. The van der Waals surface area contributed by atoms with Crippen LogP contribution in [0.15, 0.2) is 24.3 Å². The van der Waals surface area contributed by atoms with Crippen LogP contribution in [0.25, 0.3) is 11.0 Å². The van der Waals surface area contributed by atoms with Crippen molar-refractivity contribution in [3.05, 3.63) is 30.1 Å². The molecule has 132 valence electrons. The molecule has 2 aromatic rings. The Hall–Kier alpha value is -1.88. The van der Waals surface area contributed by atoms with Crippen LogP contribution in [0, 0.1) is 5.41 Å². The number of para-hydroxylation sites is 2. The number of imidazole rings is 1. The lowest BCUT2D eigenvalue weighted by Crippen LogP contribution is -2.36. The summed E-state index contributed by atoms with van der Waals surface area (Å²) in [5.41, 5.74) is 1.85. The summed E-state index contributed by atoms with van der Waals surface area (Å²) >= 11 is 0. The van der Waals surface area contributed by atoms with Crippen LogP contribution in [-0.2, 0) is 17.8 Å². The first-order valence-corrected chi connectivity index (χ1v) is 8.66. The summed E-state index contributed by atoms with van der Waals surface area (Å²) in [5.74, 6) is 1.13. The van der Waals surface area contributed by atoms with Crippen LogP contribution in [0.1, 0.15) is 33.0 Å². The number of carbonyl (C=O) groups is 1. The summed E-state index contributed by atoms with van der Waals surface area (Å²) in [5, 5.41) is 3.02. The van der Waals surface area contributed by atoms with Crippen molar-refractivity contribution in [1.82, 2.24) is 19.8 Å². The molecule has 0 aliphatic heterocycles. The molecule has 5 nitrogen and oxygen atoms in total. The van der Waals surface area contributed by atoms with E-state index in [0.717, 1.165) is 37.3 Å². The Morgan fingerprint density at radius 3 is 2.62 bits per heavy atom. The molecule has 2 rings (SSSR count). The summed E-state index contributed by atoms with van der Waals surface area (Å²) in [6.07, 6.45) is 1.83. The van der Waals surface area contributed by atoms with Crippen molar-refractivity contribution in [2.24, 2.45) is 5.41 Å². The zero-order valence-electron chi connectivity index (χ0n) is 15.6. The second-order valence-electron chi connectivity index (χ2n) is 7.58. The van der Waals surface area contributed by atoms with Crippen molar-refractivity contribution < 1.29 is 4.79 Å². The number of hydrogen-bond donors (Lipinski definition) is 1. The van der Waals surface area contributed by atoms with Crippen LogP contribution in [0.4, 0.5) is 0 Å². The highest BCUT2D eigenvalue weighted by Gasteiger charge is 2.20. The highest BCUT2D eigenvalue weighted by Crippen LogP contribution is 2.17. The fraction of sp³-hybridized carbons (Fsp3) is 0.579. The fourth-order valence-corrected chi connectivity index (χ4v) is 2.66. The molecule has 5 heteroatoms. The van der Waals surface area contributed by atoms with E-state index in [1.807, 2.05) is 26.8 Å². The quantitative estimate of drug-likeness (QED) is 0.849. The molecule has 1 amide bonds. The SMILES string of the molecule is CN(C)CCCn1c(CCNC(=O)C(C)(C)C)nc2ccccc21.